The molecule has 6 aromatic heterocycles. The van der Waals surface area contributed by atoms with Crippen LogP contribution in [0.25, 0.3) is 134 Å². The molecule has 14 aromatic rings. The molecule has 0 saturated carbocycles. The molecule has 0 bridgehead atoms. The molecule has 0 fully saturated rings. The van der Waals surface area contributed by atoms with Crippen LogP contribution in [0.1, 0.15) is 35.4 Å². The number of aromatic nitrogens is 6. The van der Waals surface area contributed by atoms with Crippen molar-refractivity contribution in [3.63, 3.8) is 0 Å². The monoisotopic (exact) mass is 972 g/mol. The maximum atomic E-state index is 6.44. The summed E-state index contributed by atoms with van der Waals surface area (Å²) in [6.45, 7) is 0. The quantitative estimate of drug-likeness (QED) is 0.160. The highest BCUT2D eigenvalue weighted by atomic mass is 15.2. The van der Waals surface area contributed by atoms with Crippen LogP contribution in [0.15, 0.2) is 231 Å². The van der Waals surface area contributed by atoms with Crippen LogP contribution >= 0.6 is 0 Å². The molecule has 0 amide bonds. The largest absolute Gasteiger partial charge is 0.305 e. The molecule has 2 aliphatic carbocycles. The lowest BCUT2D eigenvalue weighted by Crippen LogP contribution is -2.18. The first-order valence-corrected chi connectivity index (χ1v) is 26.5. The number of pyridine rings is 2. The lowest BCUT2D eigenvalue weighted by atomic mass is 9.97. The third kappa shape index (κ3) is 6.28. The summed E-state index contributed by atoms with van der Waals surface area (Å²) < 4.78 is 9.99. The molecule has 0 N–H and O–H groups in total. The molecule has 8 aromatic carbocycles. The number of rotatable bonds is 7. The predicted molar refractivity (Wildman–Crippen MR) is 315 cm³/mol. The van der Waals surface area contributed by atoms with Crippen molar-refractivity contribution in [1.29, 1.82) is 0 Å². The normalized spacial score (nSPS) is 13.2. The molecule has 0 saturated heterocycles. The van der Waals surface area contributed by atoms with Gasteiger partial charge in [0.1, 0.15) is 11.4 Å². The Labute approximate surface area is 439 Å². The lowest BCUT2D eigenvalue weighted by molar-refractivity contribution is 0.909. The summed E-state index contributed by atoms with van der Waals surface area (Å²) in [6.07, 6.45) is 13.2. The van der Waals surface area contributed by atoms with E-state index in [1.807, 2.05) is 0 Å². The van der Waals surface area contributed by atoms with E-state index in [0.717, 1.165) is 127 Å². The average Bonchev–Trinajstić information content (AvgIpc) is 4.41. The summed E-state index contributed by atoms with van der Waals surface area (Å²) in [4.78, 5) is 12.5. The van der Waals surface area contributed by atoms with Gasteiger partial charge in [-0.2, -0.15) is 0 Å². The van der Waals surface area contributed by atoms with Gasteiger partial charge in [0.25, 0.3) is 0 Å². The van der Waals surface area contributed by atoms with Gasteiger partial charge in [-0.3, -0.25) is 9.13 Å². The molecule has 358 valence electrons. The topological polar surface area (TPSA) is 45.5 Å². The van der Waals surface area contributed by atoms with Gasteiger partial charge in [-0.05, 0) is 109 Å². The Hall–Kier alpha value is -9.78. The maximum absolute atomic E-state index is 6.44. The van der Waals surface area contributed by atoms with Crippen LogP contribution in [0.5, 0.6) is 0 Å². The van der Waals surface area contributed by atoms with Crippen LogP contribution < -0.4 is 0 Å². The maximum Gasteiger partial charge on any atom is 0.165 e. The van der Waals surface area contributed by atoms with Crippen LogP contribution in [0.3, 0.4) is 0 Å². The van der Waals surface area contributed by atoms with E-state index in [0.29, 0.717) is 0 Å². The molecule has 0 unspecified atom stereocenters. The third-order valence-corrected chi connectivity index (χ3v) is 16.1. The summed E-state index contributed by atoms with van der Waals surface area (Å²) >= 11 is 0. The van der Waals surface area contributed by atoms with E-state index in [4.69, 9.17) is 9.97 Å². The Morgan fingerprint density at radius 2 is 0.684 bits per heavy atom. The van der Waals surface area contributed by atoms with Gasteiger partial charge in [0.2, 0.25) is 0 Å². The van der Waals surface area contributed by atoms with Crippen molar-refractivity contribution < 1.29 is 0 Å². The summed E-state index contributed by atoms with van der Waals surface area (Å²) in [7, 11) is 0. The van der Waals surface area contributed by atoms with Crippen molar-refractivity contribution in [2.24, 2.45) is 0 Å². The second-order valence-corrected chi connectivity index (χ2v) is 20.2. The first kappa shape index (κ1) is 42.7. The SMILES string of the molecule is C1=Cc2c(c3ccccc3n2-c2nc(-n3c4ccccc4c4ccccc43)c(-n3c4c(c5ccccc53)CCC=C4)c(-c3cc(-c4ccccc4)cc(-c4ccccc4)n3)c2-n2c3ccccc3c3ccccc32)CC1. The van der Waals surface area contributed by atoms with Crippen LogP contribution in [0.2, 0.25) is 0 Å². The highest BCUT2D eigenvalue weighted by Gasteiger charge is 2.35. The van der Waals surface area contributed by atoms with Gasteiger partial charge in [-0.1, -0.05) is 182 Å². The molecule has 0 atom stereocenters. The number of allylic oxidation sites excluding steroid dienone is 2. The zero-order chi connectivity index (χ0) is 49.8. The number of nitrogens with zero attached hydrogens (tertiary/aromatic N) is 6. The van der Waals surface area contributed by atoms with Gasteiger partial charge < -0.3 is 9.13 Å². The lowest BCUT2D eigenvalue weighted by Gasteiger charge is -2.27. The molecule has 0 spiro atoms. The number of hydrogen-bond acceptors (Lipinski definition) is 2. The van der Waals surface area contributed by atoms with Crippen molar-refractivity contribution in [1.82, 2.24) is 28.2 Å². The molecule has 6 heteroatoms. The fourth-order valence-electron chi connectivity index (χ4n) is 12.9. The number of para-hydroxylation sites is 6. The summed E-state index contributed by atoms with van der Waals surface area (Å²) in [5, 5.41) is 7.17. The van der Waals surface area contributed by atoms with Crippen molar-refractivity contribution in [3.05, 3.63) is 253 Å². The Morgan fingerprint density at radius 1 is 0.303 bits per heavy atom. The number of benzene rings is 8. The first-order chi connectivity index (χ1) is 37.8. The van der Waals surface area contributed by atoms with Crippen LogP contribution in [0, 0.1) is 0 Å². The molecular weight excluding hydrogens is 925 g/mol. The fraction of sp³-hybridized carbons (Fsp3) is 0.0571. The van der Waals surface area contributed by atoms with E-state index in [-0.39, 0.29) is 0 Å². The molecule has 0 aliphatic heterocycles. The van der Waals surface area contributed by atoms with Gasteiger partial charge >= 0.3 is 0 Å². The predicted octanol–water partition coefficient (Wildman–Crippen LogP) is 17.5. The standard InChI is InChI=1S/C70H48N6/c1-3-23-45(24-4-1)47-43-56(46-25-5-2-6-26-46)71-57(44-47)66-67(73-58-35-15-7-27-48(58)49-28-8-16-36-59(49)73)69(75-62-39-19-11-31-52(62)53-32-12-20-40-63(53)75)72-70(76-64-41-21-13-33-54(64)55-34-14-22-42-65(55)76)68(66)74-60-37-17-9-29-50(60)51-30-10-18-38-61(51)74/h1-9,11,13-29,31,33-44H,10,12,30,32H2. The van der Waals surface area contributed by atoms with Gasteiger partial charge in [0.05, 0.1) is 55.7 Å². The Bertz CT molecular complexity index is 4590. The zero-order valence-corrected chi connectivity index (χ0v) is 41.6. The highest BCUT2D eigenvalue weighted by molar-refractivity contribution is 6.13. The van der Waals surface area contributed by atoms with Gasteiger partial charge in [-0.15, -0.1) is 0 Å². The number of hydrogen-bond donors (Lipinski definition) is 0. The third-order valence-electron chi connectivity index (χ3n) is 16.1. The van der Waals surface area contributed by atoms with Crippen LogP contribution in [-0.4, -0.2) is 28.2 Å². The zero-order valence-electron chi connectivity index (χ0n) is 41.6. The Morgan fingerprint density at radius 3 is 1.21 bits per heavy atom. The Kier molecular flexibility index (Phi) is 9.49. The minimum Gasteiger partial charge on any atom is -0.305 e. The summed E-state index contributed by atoms with van der Waals surface area (Å²) in [5.41, 5.74) is 19.4. The molecule has 0 radical (unpaired) electrons. The second kappa shape index (κ2) is 16.9. The van der Waals surface area contributed by atoms with Crippen molar-refractivity contribution >= 4 is 77.6 Å². The van der Waals surface area contributed by atoms with E-state index >= 15 is 0 Å². The molecule has 6 heterocycles. The van der Waals surface area contributed by atoms with Crippen LogP contribution in [0.4, 0.5) is 0 Å². The summed E-state index contributed by atoms with van der Waals surface area (Å²) in [6, 6.07) is 79.5. The number of aryl methyl sites for hydroxylation is 2. The second-order valence-electron chi connectivity index (χ2n) is 20.2. The van der Waals surface area contributed by atoms with Crippen molar-refractivity contribution in [3.8, 4) is 56.7 Å². The van der Waals surface area contributed by atoms with E-state index in [2.05, 4.69) is 261 Å². The van der Waals surface area contributed by atoms with Gasteiger partial charge in [0, 0.05) is 43.6 Å². The molecule has 6 nitrogen and oxygen atoms in total. The summed E-state index contributed by atoms with van der Waals surface area (Å²) in [5.74, 6) is 1.63. The van der Waals surface area contributed by atoms with E-state index in [1.165, 1.54) is 43.4 Å². The van der Waals surface area contributed by atoms with Crippen molar-refractivity contribution in [2.45, 2.75) is 25.7 Å². The fourth-order valence-corrected chi connectivity index (χ4v) is 12.9. The number of fused-ring (bicyclic) bond motifs is 12. The van der Waals surface area contributed by atoms with Crippen LogP contribution in [-0.2, 0) is 12.8 Å². The molecular formula is C70H48N6. The smallest absolute Gasteiger partial charge is 0.165 e. The van der Waals surface area contributed by atoms with E-state index < -0.39 is 0 Å². The first-order valence-electron chi connectivity index (χ1n) is 26.5. The van der Waals surface area contributed by atoms with E-state index in [1.54, 1.807) is 0 Å². The average molecular weight is 973 g/mol. The molecule has 76 heavy (non-hydrogen) atoms. The Balaban J connectivity index is 1.23. The molecule has 2 aliphatic rings. The minimum absolute atomic E-state index is 0.814. The van der Waals surface area contributed by atoms with Gasteiger partial charge in [0.15, 0.2) is 11.6 Å². The highest BCUT2D eigenvalue weighted by Crippen LogP contribution is 2.49. The van der Waals surface area contributed by atoms with E-state index in [9.17, 15) is 0 Å². The van der Waals surface area contributed by atoms with Crippen molar-refractivity contribution in [2.75, 3.05) is 0 Å². The molecule has 16 rings (SSSR count). The minimum atomic E-state index is 0.814. The van der Waals surface area contributed by atoms with Gasteiger partial charge in [-0.25, -0.2) is 9.97 Å².